The molecule has 0 radical (unpaired) electrons. The zero-order valence-corrected chi connectivity index (χ0v) is 23.3. The number of hydrogen-bond donors (Lipinski definition) is 2. The van der Waals surface area contributed by atoms with Crippen LogP contribution in [0.2, 0.25) is 0 Å². The van der Waals surface area contributed by atoms with Crippen LogP contribution in [0.3, 0.4) is 0 Å². The molecule has 0 spiro atoms. The zero-order chi connectivity index (χ0) is 28.1. The number of carbonyl (C=O) groups excluding carboxylic acids is 2. The molecule has 1 aliphatic rings. The van der Waals surface area contributed by atoms with Crippen molar-refractivity contribution in [1.82, 2.24) is 19.8 Å². The van der Waals surface area contributed by atoms with E-state index in [1.54, 1.807) is 24.3 Å². The lowest BCUT2D eigenvalue weighted by Crippen LogP contribution is -2.50. The molecule has 10 nitrogen and oxygen atoms in total. The van der Waals surface area contributed by atoms with E-state index in [9.17, 15) is 9.59 Å². The van der Waals surface area contributed by atoms with Gasteiger partial charge >= 0.3 is 0 Å². The monoisotopic (exact) mass is 557 g/mol. The third-order valence-electron chi connectivity index (χ3n) is 6.35. The smallest absolute Gasteiger partial charge is 0.247 e. The lowest BCUT2D eigenvalue weighted by molar-refractivity contribution is -0.132. The summed E-state index contributed by atoms with van der Waals surface area (Å²) < 4.78 is 6.96. The molecule has 1 saturated heterocycles. The molecule has 2 amide bonds. The van der Waals surface area contributed by atoms with Crippen LogP contribution >= 0.6 is 11.3 Å². The quantitative estimate of drug-likeness (QED) is 0.289. The van der Waals surface area contributed by atoms with Crippen LogP contribution in [0.1, 0.15) is 0 Å². The van der Waals surface area contributed by atoms with Gasteiger partial charge in [-0.05, 0) is 68.0 Å². The van der Waals surface area contributed by atoms with Crippen LogP contribution in [0.25, 0.3) is 10.2 Å². The van der Waals surface area contributed by atoms with Gasteiger partial charge in [-0.15, -0.1) is 11.3 Å². The normalized spacial score (nSPS) is 13.4. The number of aromatic nitrogens is 2. The maximum absolute atomic E-state index is 12.3. The number of anilines is 4. The van der Waals surface area contributed by atoms with Crippen LogP contribution < -0.4 is 20.3 Å². The van der Waals surface area contributed by atoms with Crippen molar-refractivity contribution in [3.8, 4) is 11.6 Å². The molecule has 1 aliphatic heterocycles. The molecule has 206 valence electrons. The van der Waals surface area contributed by atoms with Crippen LogP contribution in [-0.2, 0) is 9.59 Å². The molecule has 3 heterocycles. The molecule has 1 fully saturated rings. The standard InChI is InChI=1S/C29H31N7O3S/c1-4-25(37)30-21-6-5-7-23(18-21)39-28-27-24(12-17-40-27)32-29(33-28)31-20-8-10-22(11-9-20)35-13-15-36(16-14-35)26(38)19-34(2)3/h4-12,17-18H,1,13-16,19H2,2-3H3,(H,30,37)(H,31,32,33). The molecule has 0 unspecified atom stereocenters. The third-order valence-corrected chi connectivity index (χ3v) is 7.24. The zero-order valence-electron chi connectivity index (χ0n) is 22.5. The second-order valence-electron chi connectivity index (χ2n) is 9.59. The van der Waals surface area contributed by atoms with E-state index in [2.05, 4.69) is 44.2 Å². The number of nitrogens with zero attached hydrogens (tertiary/aromatic N) is 5. The van der Waals surface area contributed by atoms with Crippen molar-refractivity contribution in [2.24, 2.45) is 0 Å². The second kappa shape index (κ2) is 12.1. The highest BCUT2D eigenvalue weighted by molar-refractivity contribution is 7.17. The molecular formula is C29H31N7O3S. The second-order valence-corrected chi connectivity index (χ2v) is 10.5. The number of amides is 2. The Bertz CT molecular complexity index is 1510. The molecule has 5 rings (SSSR count). The Morgan fingerprint density at radius 3 is 2.55 bits per heavy atom. The first kappa shape index (κ1) is 27.1. The van der Waals surface area contributed by atoms with Gasteiger partial charge in [-0.1, -0.05) is 12.6 Å². The SMILES string of the molecule is C=CC(=O)Nc1cccc(Oc2nc(Nc3ccc(N4CCN(C(=O)CN(C)C)CC4)cc3)nc3ccsc23)c1. The van der Waals surface area contributed by atoms with Gasteiger partial charge in [0.25, 0.3) is 0 Å². The summed E-state index contributed by atoms with van der Waals surface area (Å²) >= 11 is 1.50. The van der Waals surface area contributed by atoms with Crippen LogP contribution in [0.4, 0.5) is 23.0 Å². The topological polar surface area (TPSA) is 103 Å². The number of rotatable bonds is 9. The summed E-state index contributed by atoms with van der Waals surface area (Å²) in [5.74, 6) is 1.25. The third kappa shape index (κ3) is 6.56. The fourth-order valence-electron chi connectivity index (χ4n) is 4.37. The van der Waals surface area contributed by atoms with Gasteiger partial charge in [0.2, 0.25) is 23.6 Å². The number of ether oxygens (including phenoxy) is 1. The van der Waals surface area contributed by atoms with E-state index in [4.69, 9.17) is 4.74 Å². The fourth-order valence-corrected chi connectivity index (χ4v) is 5.13. The summed E-state index contributed by atoms with van der Waals surface area (Å²) in [7, 11) is 3.82. The highest BCUT2D eigenvalue weighted by Gasteiger charge is 2.21. The van der Waals surface area contributed by atoms with Gasteiger partial charge in [-0.3, -0.25) is 9.59 Å². The van der Waals surface area contributed by atoms with E-state index < -0.39 is 0 Å². The molecular weight excluding hydrogens is 526 g/mol. The maximum atomic E-state index is 12.3. The Balaban J connectivity index is 1.26. The Morgan fingerprint density at radius 1 is 1.05 bits per heavy atom. The molecule has 2 aromatic carbocycles. The first-order valence-electron chi connectivity index (χ1n) is 12.9. The number of piperazine rings is 1. The van der Waals surface area contributed by atoms with Crippen molar-refractivity contribution in [3.63, 3.8) is 0 Å². The summed E-state index contributed by atoms with van der Waals surface area (Å²) in [6, 6.07) is 17.1. The number of benzene rings is 2. The van der Waals surface area contributed by atoms with Gasteiger partial charge < -0.3 is 30.1 Å². The lowest BCUT2D eigenvalue weighted by atomic mass is 10.2. The lowest BCUT2D eigenvalue weighted by Gasteiger charge is -2.36. The predicted molar refractivity (Wildman–Crippen MR) is 160 cm³/mol. The summed E-state index contributed by atoms with van der Waals surface area (Å²) in [4.78, 5) is 39.4. The molecule has 0 saturated carbocycles. The van der Waals surface area contributed by atoms with Crippen molar-refractivity contribution in [1.29, 1.82) is 0 Å². The van der Waals surface area contributed by atoms with E-state index in [1.165, 1.54) is 17.4 Å². The minimum atomic E-state index is -0.297. The van der Waals surface area contributed by atoms with E-state index in [1.807, 2.05) is 47.5 Å². The average molecular weight is 558 g/mol. The molecule has 0 atom stereocenters. The average Bonchev–Trinajstić information content (AvgIpc) is 3.42. The Hall–Kier alpha value is -4.48. The van der Waals surface area contributed by atoms with Crippen LogP contribution in [0, 0.1) is 0 Å². The van der Waals surface area contributed by atoms with Crippen LogP contribution in [-0.4, -0.2) is 78.4 Å². The Labute approximate surface area is 236 Å². The molecule has 0 aliphatic carbocycles. The highest BCUT2D eigenvalue weighted by Crippen LogP contribution is 2.34. The van der Waals surface area contributed by atoms with Crippen molar-refractivity contribution >= 4 is 56.4 Å². The number of nitrogens with one attached hydrogen (secondary N) is 2. The van der Waals surface area contributed by atoms with E-state index in [-0.39, 0.29) is 11.8 Å². The Kier molecular flexibility index (Phi) is 8.23. The summed E-state index contributed by atoms with van der Waals surface area (Å²) in [5, 5.41) is 7.96. The van der Waals surface area contributed by atoms with Gasteiger partial charge in [0, 0.05) is 49.3 Å². The van der Waals surface area contributed by atoms with E-state index in [0.29, 0.717) is 42.9 Å². The number of thiophene rings is 1. The largest absolute Gasteiger partial charge is 0.437 e. The maximum Gasteiger partial charge on any atom is 0.247 e. The highest BCUT2D eigenvalue weighted by atomic mass is 32.1. The van der Waals surface area contributed by atoms with Gasteiger partial charge in [0.1, 0.15) is 10.4 Å². The Morgan fingerprint density at radius 2 is 1.82 bits per heavy atom. The van der Waals surface area contributed by atoms with Gasteiger partial charge in [-0.25, -0.2) is 4.98 Å². The minimum Gasteiger partial charge on any atom is -0.437 e. The molecule has 4 aromatic rings. The van der Waals surface area contributed by atoms with Crippen molar-refractivity contribution in [2.75, 3.05) is 62.4 Å². The van der Waals surface area contributed by atoms with E-state index >= 15 is 0 Å². The molecule has 2 N–H and O–H groups in total. The minimum absolute atomic E-state index is 0.169. The van der Waals surface area contributed by atoms with E-state index in [0.717, 1.165) is 34.7 Å². The molecule has 2 aromatic heterocycles. The number of carbonyl (C=O) groups is 2. The number of hydrogen-bond acceptors (Lipinski definition) is 9. The summed E-state index contributed by atoms with van der Waals surface area (Å²) in [6.07, 6.45) is 1.22. The van der Waals surface area contributed by atoms with Gasteiger partial charge in [-0.2, -0.15) is 4.98 Å². The fraction of sp³-hybridized carbons (Fsp3) is 0.241. The first-order chi connectivity index (χ1) is 19.4. The summed E-state index contributed by atoms with van der Waals surface area (Å²) in [6.45, 7) is 6.94. The first-order valence-corrected chi connectivity index (χ1v) is 13.8. The van der Waals surface area contributed by atoms with Crippen molar-refractivity contribution in [2.45, 2.75) is 0 Å². The van der Waals surface area contributed by atoms with Gasteiger partial charge in [0.15, 0.2) is 0 Å². The predicted octanol–water partition coefficient (Wildman–Crippen LogP) is 4.56. The molecule has 11 heteroatoms. The van der Waals surface area contributed by atoms with Crippen molar-refractivity contribution in [3.05, 3.63) is 72.6 Å². The van der Waals surface area contributed by atoms with Crippen molar-refractivity contribution < 1.29 is 14.3 Å². The number of likely N-dealkylation sites (N-methyl/N-ethyl adjacent to an activating group) is 1. The summed E-state index contributed by atoms with van der Waals surface area (Å²) in [5.41, 5.74) is 3.32. The van der Waals surface area contributed by atoms with Crippen LogP contribution in [0.15, 0.2) is 72.6 Å². The molecule has 0 bridgehead atoms. The van der Waals surface area contributed by atoms with Crippen LogP contribution in [0.5, 0.6) is 11.6 Å². The van der Waals surface area contributed by atoms with Gasteiger partial charge in [0.05, 0.1) is 12.1 Å². The number of fused-ring (bicyclic) bond motifs is 1. The molecule has 40 heavy (non-hydrogen) atoms.